The minimum absolute atomic E-state index is 0.994. The maximum Gasteiger partial charge on any atom is 0.0820 e. The van der Waals surface area contributed by atoms with E-state index in [1.807, 2.05) is 0 Å². The first-order chi connectivity index (χ1) is 14.5. The molecule has 0 N–H and O–H groups in total. The summed E-state index contributed by atoms with van der Waals surface area (Å²) in [6.07, 6.45) is 14.2. The van der Waals surface area contributed by atoms with Crippen molar-refractivity contribution in [3.63, 3.8) is 0 Å². The van der Waals surface area contributed by atoms with Gasteiger partial charge in [-0.2, -0.15) is 0 Å². The molecule has 30 heavy (non-hydrogen) atoms. The summed E-state index contributed by atoms with van der Waals surface area (Å²) in [6.45, 7) is 26.2. The van der Waals surface area contributed by atoms with Gasteiger partial charge in [-0.1, -0.05) is 41.5 Å². The molecule has 0 aromatic rings. The molecule has 4 atom stereocenters. The Morgan fingerprint density at radius 1 is 0.433 bits per heavy atom. The molecule has 0 aliphatic carbocycles. The van der Waals surface area contributed by atoms with Crippen LogP contribution >= 0.6 is 0 Å². The van der Waals surface area contributed by atoms with Crippen molar-refractivity contribution in [1.82, 2.24) is 0 Å². The van der Waals surface area contributed by atoms with Crippen LogP contribution in [-0.2, 0) is 0 Å². The lowest BCUT2D eigenvalue weighted by Crippen LogP contribution is -2.48. The summed E-state index contributed by atoms with van der Waals surface area (Å²) in [5.74, 6) is 3.97. The predicted molar refractivity (Wildman–Crippen MR) is 134 cm³/mol. The van der Waals surface area contributed by atoms with Gasteiger partial charge in [0.1, 0.15) is 0 Å². The number of nitrogens with zero attached hydrogens (tertiary/aromatic N) is 2. The highest BCUT2D eigenvalue weighted by molar-refractivity contribution is 4.76. The van der Waals surface area contributed by atoms with Crippen LogP contribution in [-0.4, -0.2) is 61.3 Å². The molecule has 2 aliphatic heterocycles. The van der Waals surface area contributed by atoms with Gasteiger partial charge in [-0.25, -0.2) is 0 Å². The maximum atomic E-state index is 2.43. The lowest BCUT2D eigenvalue weighted by Gasteiger charge is -2.36. The highest BCUT2D eigenvalue weighted by Crippen LogP contribution is 2.36. The first kappa shape index (κ1) is 26.2. The topological polar surface area (TPSA) is 0 Å². The largest absolute Gasteiger partial charge is 0.323 e. The minimum atomic E-state index is 0.994. The first-order valence-corrected chi connectivity index (χ1v) is 14.2. The average molecular weight is 423 g/mol. The molecule has 4 unspecified atom stereocenters. The number of rotatable bonds is 15. The van der Waals surface area contributed by atoms with E-state index >= 15 is 0 Å². The van der Waals surface area contributed by atoms with E-state index in [0.29, 0.717) is 0 Å². The van der Waals surface area contributed by atoms with Gasteiger partial charge in [0.2, 0.25) is 0 Å². The molecule has 0 amide bonds. The van der Waals surface area contributed by atoms with Crippen molar-refractivity contribution in [2.24, 2.45) is 23.7 Å². The molecular weight excluding hydrogens is 364 g/mol. The van der Waals surface area contributed by atoms with Gasteiger partial charge >= 0.3 is 0 Å². The van der Waals surface area contributed by atoms with Crippen LogP contribution in [0.3, 0.4) is 0 Å². The molecule has 2 nitrogen and oxygen atoms in total. The van der Waals surface area contributed by atoms with Gasteiger partial charge in [0, 0.05) is 23.7 Å². The third kappa shape index (κ3) is 6.71. The molecule has 0 spiro atoms. The van der Waals surface area contributed by atoms with Crippen molar-refractivity contribution >= 4 is 0 Å². The van der Waals surface area contributed by atoms with E-state index < -0.39 is 0 Å². The van der Waals surface area contributed by atoms with Crippen molar-refractivity contribution in [3.05, 3.63) is 0 Å². The van der Waals surface area contributed by atoms with Gasteiger partial charge in [0.05, 0.1) is 52.4 Å². The zero-order valence-electron chi connectivity index (χ0n) is 21.9. The number of hydrogen-bond acceptors (Lipinski definition) is 0. The minimum Gasteiger partial charge on any atom is -0.323 e. The van der Waals surface area contributed by atoms with Crippen LogP contribution in [0, 0.1) is 23.7 Å². The smallest absolute Gasteiger partial charge is 0.0820 e. The van der Waals surface area contributed by atoms with Crippen LogP contribution in [0.2, 0.25) is 0 Å². The van der Waals surface area contributed by atoms with Crippen molar-refractivity contribution < 1.29 is 8.97 Å². The predicted octanol–water partition coefficient (Wildman–Crippen LogP) is 7.13. The van der Waals surface area contributed by atoms with E-state index in [1.165, 1.54) is 126 Å². The van der Waals surface area contributed by atoms with Crippen LogP contribution in [0.15, 0.2) is 0 Å². The van der Waals surface area contributed by atoms with Gasteiger partial charge in [-0.15, -0.1) is 0 Å². The Bertz CT molecular complexity index is 394. The van der Waals surface area contributed by atoms with Crippen molar-refractivity contribution in [3.8, 4) is 0 Å². The van der Waals surface area contributed by atoms with Gasteiger partial charge in [-0.05, 0) is 64.2 Å². The Morgan fingerprint density at radius 3 is 0.967 bits per heavy atom. The van der Waals surface area contributed by atoms with Gasteiger partial charge in [0.15, 0.2) is 0 Å². The fourth-order valence-electron chi connectivity index (χ4n) is 7.74. The average Bonchev–Trinajstić information content (AvgIpc) is 3.29. The van der Waals surface area contributed by atoms with Crippen LogP contribution in [0.25, 0.3) is 0 Å². The highest BCUT2D eigenvalue weighted by Gasteiger charge is 2.43. The third-order valence-electron chi connectivity index (χ3n) is 9.33. The Kier molecular flexibility index (Phi) is 11.2. The van der Waals surface area contributed by atoms with Crippen molar-refractivity contribution in [2.45, 2.75) is 106 Å². The standard InChI is InChI=1S/C28H58N2/c1-7-17-29(21-25(9-3)26(10-4)22-29)19-15-13-14-16-20-30(18-8-2)23-27(11-5)28(12-6)24-30/h25-28H,7-24H2,1-6H3/q+2. The van der Waals surface area contributed by atoms with E-state index in [2.05, 4.69) is 41.5 Å². The molecule has 2 fully saturated rings. The second kappa shape index (κ2) is 12.8. The summed E-state index contributed by atoms with van der Waals surface area (Å²) in [6, 6.07) is 0. The number of hydrogen-bond donors (Lipinski definition) is 0. The van der Waals surface area contributed by atoms with Gasteiger partial charge in [-0.3, -0.25) is 0 Å². The zero-order valence-corrected chi connectivity index (χ0v) is 21.9. The molecule has 2 heterocycles. The Labute approximate surface area is 191 Å². The Balaban J connectivity index is 1.77. The first-order valence-electron chi connectivity index (χ1n) is 14.2. The summed E-state index contributed by atoms with van der Waals surface area (Å²) in [5, 5.41) is 0. The summed E-state index contributed by atoms with van der Waals surface area (Å²) in [5.41, 5.74) is 0. The second-order valence-electron chi connectivity index (χ2n) is 11.4. The van der Waals surface area contributed by atoms with Crippen molar-refractivity contribution in [1.29, 1.82) is 0 Å². The maximum absolute atomic E-state index is 2.43. The van der Waals surface area contributed by atoms with E-state index in [9.17, 15) is 0 Å². The van der Waals surface area contributed by atoms with E-state index in [-0.39, 0.29) is 0 Å². The molecule has 2 heteroatoms. The Morgan fingerprint density at radius 2 is 0.733 bits per heavy atom. The molecule has 0 aromatic heterocycles. The fraction of sp³-hybridized carbons (Fsp3) is 1.00. The normalized spacial score (nSPS) is 36.6. The van der Waals surface area contributed by atoms with Crippen LogP contribution in [0.5, 0.6) is 0 Å². The van der Waals surface area contributed by atoms with E-state index in [1.54, 1.807) is 0 Å². The van der Waals surface area contributed by atoms with Crippen LogP contribution < -0.4 is 0 Å². The highest BCUT2D eigenvalue weighted by atomic mass is 15.4. The summed E-state index contributed by atoms with van der Waals surface area (Å²) in [7, 11) is 0. The van der Waals surface area contributed by atoms with Crippen molar-refractivity contribution in [2.75, 3.05) is 52.4 Å². The van der Waals surface area contributed by atoms with Gasteiger partial charge < -0.3 is 8.97 Å². The van der Waals surface area contributed by atoms with Crippen LogP contribution in [0.1, 0.15) is 106 Å². The quantitative estimate of drug-likeness (QED) is 0.194. The lowest BCUT2D eigenvalue weighted by molar-refractivity contribution is -0.920. The molecule has 0 saturated carbocycles. The van der Waals surface area contributed by atoms with E-state index in [0.717, 1.165) is 23.7 Å². The number of likely N-dealkylation sites (tertiary alicyclic amines) is 2. The summed E-state index contributed by atoms with van der Waals surface area (Å²) in [4.78, 5) is 0. The molecule has 0 bridgehead atoms. The molecule has 2 saturated heterocycles. The second-order valence-corrected chi connectivity index (χ2v) is 11.4. The number of quaternary nitrogens is 2. The van der Waals surface area contributed by atoms with Gasteiger partial charge in [0.25, 0.3) is 0 Å². The van der Waals surface area contributed by atoms with Crippen LogP contribution in [0.4, 0.5) is 0 Å². The zero-order chi connectivity index (χ0) is 22.0. The molecule has 2 rings (SSSR count). The summed E-state index contributed by atoms with van der Waals surface area (Å²) < 4.78 is 2.92. The third-order valence-corrected chi connectivity index (χ3v) is 9.33. The lowest BCUT2D eigenvalue weighted by atomic mass is 9.92. The monoisotopic (exact) mass is 422 g/mol. The fourth-order valence-corrected chi connectivity index (χ4v) is 7.74. The molecule has 178 valence electrons. The Hall–Kier alpha value is -0.0800. The molecule has 0 aromatic carbocycles. The molecular formula is C28H58N2+2. The summed E-state index contributed by atoms with van der Waals surface area (Å²) >= 11 is 0. The molecule has 0 radical (unpaired) electrons. The van der Waals surface area contributed by atoms with E-state index in [4.69, 9.17) is 0 Å². The SMILES string of the molecule is CCC[N+]1(CCCCCC[N+]2(CCC)CC(CC)C(CC)C2)CC(CC)C(CC)C1. The number of unbranched alkanes of at least 4 members (excludes halogenated alkanes) is 3. The molecule has 2 aliphatic rings.